The Bertz CT molecular complexity index is 662. The number of carbonyl (C=O) groups excluding carboxylic acids is 3. The topological polar surface area (TPSA) is 109 Å². The van der Waals surface area contributed by atoms with Crippen LogP contribution in [0.3, 0.4) is 0 Å². The first-order valence-electron chi connectivity index (χ1n) is 8.71. The van der Waals surface area contributed by atoms with Gasteiger partial charge in [0.15, 0.2) is 5.11 Å². The number of hydrogen-bond donors (Lipinski definition) is 4. The Morgan fingerprint density at radius 1 is 1.00 bits per heavy atom. The second-order valence-electron chi connectivity index (χ2n) is 6.15. The first-order chi connectivity index (χ1) is 12.8. The van der Waals surface area contributed by atoms with E-state index in [2.05, 4.69) is 21.5 Å². The van der Waals surface area contributed by atoms with E-state index in [1.54, 1.807) is 24.3 Å². The molecule has 148 valence electrons. The van der Waals surface area contributed by atoms with Crippen LogP contribution in [0.4, 0.5) is 5.69 Å². The van der Waals surface area contributed by atoms with Gasteiger partial charge in [-0.2, -0.15) is 0 Å². The average Bonchev–Trinajstić information content (AvgIpc) is 2.59. The molecule has 0 saturated heterocycles. The van der Waals surface area contributed by atoms with Crippen molar-refractivity contribution in [2.75, 3.05) is 11.9 Å². The first kappa shape index (κ1) is 22.4. The van der Waals surface area contributed by atoms with Crippen LogP contribution in [0.2, 0.25) is 0 Å². The summed E-state index contributed by atoms with van der Waals surface area (Å²) in [6.45, 7) is 6.29. The zero-order valence-corrected chi connectivity index (χ0v) is 16.6. The van der Waals surface area contributed by atoms with E-state index in [0.29, 0.717) is 18.7 Å². The molecule has 0 heterocycles. The zero-order valence-electron chi connectivity index (χ0n) is 15.8. The van der Waals surface area contributed by atoms with Crippen LogP contribution >= 0.6 is 12.2 Å². The molecule has 0 saturated carbocycles. The quantitative estimate of drug-likeness (QED) is 0.396. The molecule has 1 aromatic carbocycles. The van der Waals surface area contributed by atoms with Crippen molar-refractivity contribution in [3.8, 4) is 5.75 Å². The summed E-state index contributed by atoms with van der Waals surface area (Å²) in [5.41, 5.74) is 5.39. The fraction of sp³-hybridized carbons (Fsp3) is 0.444. The summed E-state index contributed by atoms with van der Waals surface area (Å²) in [6.07, 6.45) is 0.313. The van der Waals surface area contributed by atoms with Gasteiger partial charge in [-0.3, -0.25) is 25.2 Å². The maximum absolute atomic E-state index is 11.9. The Morgan fingerprint density at radius 2 is 1.63 bits per heavy atom. The molecule has 0 atom stereocenters. The minimum atomic E-state index is -0.419. The predicted octanol–water partition coefficient (Wildman–Crippen LogP) is 1.87. The van der Waals surface area contributed by atoms with E-state index in [-0.39, 0.29) is 35.7 Å². The molecule has 0 unspecified atom stereocenters. The van der Waals surface area contributed by atoms with E-state index < -0.39 is 5.91 Å². The van der Waals surface area contributed by atoms with E-state index >= 15 is 0 Å². The lowest BCUT2D eigenvalue weighted by Gasteiger charge is -2.11. The minimum Gasteiger partial charge on any atom is -0.494 e. The lowest BCUT2D eigenvalue weighted by atomic mass is 10.1. The lowest BCUT2D eigenvalue weighted by molar-refractivity contribution is -0.124. The Kier molecular flexibility index (Phi) is 9.81. The SMILES string of the molecule is CCOc1ccc(NC(=O)CCC(=O)NNC(=S)NC(=O)CC(C)C)cc1. The second kappa shape index (κ2) is 11.8. The van der Waals surface area contributed by atoms with Crippen molar-refractivity contribution in [2.24, 2.45) is 5.92 Å². The Hall–Kier alpha value is -2.68. The monoisotopic (exact) mass is 394 g/mol. The van der Waals surface area contributed by atoms with Gasteiger partial charge in [0.1, 0.15) is 5.75 Å². The molecule has 0 aliphatic heterocycles. The average molecular weight is 394 g/mol. The van der Waals surface area contributed by atoms with Crippen LogP contribution in [-0.2, 0) is 14.4 Å². The van der Waals surface area contributed by atoms with E-state index in [1.807, 2.05) is 20.8 Å². The summed E-state index contributed by atoms with van der Waals surface area (Å²) in [4.78, 5) is 35.2. The van der Waals surface area contributed by atoms with Crippen LogP contribution in [-0.4, -0.2) is 29.4 Å². The van der Waals surface area contributed by atoms with Crippen molar-refractivity contribution in [3.63, 3.8) is 0 Å². The highest BCUT2D eigenvalue weighted by atomic mass is 32.1. The third-order valence-electron chi connectivity index (χ3n) is 3.19. The Morgan fingerprint density at radius 3 is 2.22 bits per heavy atom. The summed E-state index contributed by atoms with van der Waals surface area (Å²) in [7, 11) is 0. The standard InChI is InChI=1S/C18H26N4O4S/c1-4-26-14-7-5-13(6-8-14)19-15(23)9-10-16(24)21-22-18(27)20-17(25)11-12(2)3/h5-8,12H,4,9-11H2,1-3H3,(H,19,23)(H,21,24)(H2,20,22,25,27). The van der Waals surface area contributed by atoms with Gasteiger partial charge in [-0.25, -0.2) is 0 Å². The van der Waals surface area contributed by atoms with E-state index in [4.69, 9.17) is 17.0 Å². The molecule has 0 aliphatic carbocycles. The number of anilines is 1. The Labute approximate surface area is 164 Å². The summed E-state index contributed by atoms with van der Waals surface area (Å²) < 4.78 is 5.32. The number of thiocarbonyl (C=S) groups is 1. The molecule has 0 aromatic heterocycles. The molecular formula is C18H26N4O4S. The molecule has 1 rings (SSSR count). The molecule has 0 fully saturated rings. The molecule has 0 spiro atoms. The summed E-state index contributed by atoms with van der Waals surface area (Å²) in [5, 5.41) is 5.16. The van der Waals surface area contributed by atoms with Crippen LogP contribution < -0.4 is 26.2 Å². The van der Waals surface area contributed by atoms with Crippen LogP contribution in [0.1, 0.15) is 40.0 Å². The molecule has 9 heteroatoms. The van der Waals surface area contributed by atoms with Gasteiger partial charge in [-0.15, -0.1) is 0 Å². The first-order valence-corrected chi connectivity index (χ1v) is 9.12. The number of hydrogen-bond acceptors (Lipinski definition) is 5. The third kappa shape index (κ3) is 10.1. The molecule has 1 aromatic rings. The largest absolute Gasteiger partial charge is 0.494 e. The van der Waals surface area contributed by atoms with Crippen molar-refractivity contribution in [2.45, 2.75) is 40.0 Å². The third-order valence-corrected chi connectivity index (χ3v) is 3.39. The predicted molar refractivity (Wildman–Crippen MR) is 107 cm³/mol. The van der Waals surface area contributed by atoms with Gasteiger partial charge in [0.25, 0.3) is 0 Å². The molecule has 4 N–H and O–H groups in total. The number of carbonyl (C=O) groups is 3. The maximum Gasteiger partial charge on any atom is 0.238 e. The van der Waals surface area contributed by atoms with Gasteiger partial charge in [0.05, 0.1) is 6.61 Å². The fourth-order valence-corrected chi connectivity index (χ4v) is 2.19. The maximum atomic E-state index is 11.9. The molecule has 0 aliphatic rings. The number of rotatable bonds is 8. The zero-order chi connectivity index (χ0) is 20.2. The molecular weight excluding hydrogens is 368 g/mol. The molecule has 27 heavy (non-hydrogen) atoms. The highest BCUT2D eigenvalue weighted by Gasteiger charge is 2.10. The molecule has 3 amide bonds. The van der Waals surface area contributed by atoms with Crippen LogP contribution in [0.25, 0.3) is 0 Å². The van der Waals surface area contributed by atoms with E-state index in [0.717, 1.165) is 5.75 Å². The van der Waals surface area contributed by atoms with Crippen molar-refractivity contribution >= 4 is 40.7 Å². The second-order valence-corrected chi connectivity index (χ2v) is 6.56. The van der Waals surface area contributed by atoms with Crippen molar-refractivity contribution in [1.29, 1.82) is 0 Å². The summed E-state index contributed by atoms with van der Waals surface area (Å²) >= 11 is 4.91. The summed E-state index contributed by atoms with van der Waals surface area (Å²) in [5.74, 6) is -0.0143. The number of ether oxygens (including phenoxy) is 1. The van der Waals surface area contributed by atoms with E-state index in [9.17, 15) is 14.4 Å². The van der Waals surface area contributed by atoms with Gasteiger partial charge in [0.2, 0.25) is 17.7 Å². The number of nitrogens with one attached hydrogen (secondary N) is 4. The van der Waals surface area contributed by atoms with Gasteiger partial charge in [0, 0.05) is 24.9 Å². The number of amides is 3. The van der Waals surface area contributed by atoms with Gasteiger partial charge < -0.3 is 15.4 Å². The molecule has 8 nitrogen and oxygen atoms in total. The fourth-order valence-electron chi connectivity index (χ4n) is 2.02. The van der Waals surface area contributed by atoms with Crippen LogP contribution in [0.5, 0.6) is 5.75 Å². The van der Waals surface area contributed by atoms with Crippen molar-refractivity contribution in [3.05, 3.63) is 24.3 Å². The highest BCUT2D eigenvalue weighted by Crippen LogP contribution is 2.15. The van der Waals surface area contributed by atoms with Crippen LogP contribution in [0, 0.1) is 5.92 Å². The van der Waals surface area contributed by atoms with Gasteiger partial charge >= 0.3 is 0 Å². The van der Waals surface area contributed by atoms with Crippen molar-refractivity contribution in [1.82, 2.24) is 16.2 Å². The molecule has 0 radical (unpaired) electrons. The highest BCUT2D eigenvalue weighted by molar-refractivity contribution is 7.80. The normalized spacial score (nSPS) is 10.1. The summed E-state index contributed by atoms with van der Waals surface area (Å²) in [6, 6.07) is 6.96. The van der Waals surface area contributed by atoms with Gasteiger partial charge in [-0.1, -0.05) is 13.8 Å². The lowest BCUT2D eigenvalue weighted by Crippen LogP contribution is -2.48. The smallest absolute Gasteiger partial charge is 0.238 e. The number of hydrazine groups is 1. The van der Waals surface area contributed by atoms with Crippen molar-refractivity contribution < 1.29 is 19.1 Å². The van der Waals surface area contributed by atoms with E-state index in [1.165, 1.54) is 0 Å². The minimum absolute atomic E-state index is 0.00714. The molecule has 0 bridgehead atoms. The van der Waals surface area contributed by atoms with Crippen LogP contribution in [0.15, 0.2) is 24.3 Å². The Balaban J connectivity index is 2.26. The van der Waals surface area contributed by atoms with Gasteiger partial charge in [-0.05, 0) is 49.3 Å². The number of benzene rings is 1.